The third-order valence-corrected chi connectivity index (χ3v) is 5.43. The van der Waals surface area contributed by atoms with Crippen LogP contribution in [0.25, 0.3) is 22.6 Å². The van der Waals surface area contributed by atoms with E-state index in [0.717, 1.165) is 39.9 Å². The highest BCUT2D eigenvalue weighted by Gasteiger charge is 2.12. The van der Waals surface area contributed by atoms with E-state index in [1.165, 1.54) is 5.56 Å². The van der Waals surface area contributed by atoms with Crippen molar-refractivity contribution in [2.24, 2.45) is 0 Å². The topological polar surface area (TPSA) is 67.2 Å². The molecule has 0 unspecified atom stereocenters. The van der Waals surface area contributed by atoms with Crippen molar-refractivity contribution in [3.05, 3.63) is 82.9 Å². The molecule has 0 radical (unpaired) electrons. The number of hydrogen-bond acceptors (Lipinski definition) is 4. The molecule has 4 rings (SSSR count). The zero-order chi connectivity index (χ0) is 22.0. The molecule has 0 atom stereocenters. The molecule has 1 heterocycles. The van der Waals surface area contributed by atoms with Crippen LogP contribution in [-0.4, -0.2) is 16.0 Å². The van der Waals surface area contributed by atoms with E-state index in [4.69, 9.17) is 16.6 Å². The molecule has 0 bridgehead atoms. The third-order valence-electron chi connectivity index (χ3n) is 5.22. The molecule has 0 saturated carbocycles. The van der Waals surface area contributed by atoms with Crippen molar-refractivity contribution < 1.29 is 9.21 Å². The third kappa shape index (κ3) is 4.64. The molecule has 0 saturated heterocycles. The summed E-state index contributed by atoms with van der Waals surface area (Å²) in [6.07, 6.45) is 0.947. The van der Waals surface area contributed by atoms with Crippen LogP contribution in [-0.2, 0) is 6.42 Å². The van der Waals surface area contributed by atoms with Crippen LogP contribution in [0.4, 0.5) is 5.69 Å². The van der Waals surface area contributed by atoms with Gasteiger partial charge >= 0.3 is 0 Å². The first kappa shape index (κ1) is 20.8. The van der Waals surface area contributed by atoms with Crippen molar-refractivity contribution in [3.63, 3.8) is 0 Å². The Hall–Kier alpha value is -3.51. The average Bonchev–Trinajstić information content (AvgIpc) is 3.19. The number of benzene rings is 3. The van der Waals surface area contributed by atoms with Crippen LogP contribution in [0.15, 0.2) is 65.1 Å². The lowest BCUT2D eigenvalue weighted by molar-refractivity contribution is 0.0977. The molecule has 0 aliphatic carbocycles. The second-order valence-corrected chi connectivity index (χ2v) is 7.87. The van der Waals surface area contributed by atoms with Crippen LogP contribution in [0.2, 0.25) is 0 Å². The number of aryl methyl sites for hydroxylation is 3. The van der Waals surface area contributed by atoms with Crippen LogP contribution in [0.3, 0.4) is 0 Å². The van der Waals surface area contributed by atoms with Crippen molar-refractivity contribution >= 4 is 40.0 Å². The Kier molecular flexibility index (Phi) is 5.82. The Morgan fingerprint density at radius 3 is 2.65 bits per heavy atom. The van der Waals surface area contributed by atoms with Gasteiger partial charge in [-0.05, 0) is 91.6 Å². The van der Waals surface area contributed by atoms with Gasteiger partial charge in [-0.15, -0.1) is 0 Å². The van der Waals surface area contributed by atoms with Crippen LogP contribution >= 0.6 is 12.2 Å². The average molecular weight is 430 g/mol. The number of rotatable bonds is 4. The van der Waals surface area contributed by atoms with E-state index in [0.29, 0.717) is 11.5 Å². The van der Waals surface area contributed by atoms with Gasteiger partial charge in [-0.3, -0.25) is 10.1 Å². The monoisotopic (exact) mass is 429 g/mol. The van der Waals surface area contributed by atoms with E-state index < -0.39 is 0 Å². The van der Waals surface area contributed by atoms with E-state index in [2.05, 4.69) is 22.5 Å². The molecule has 1 amide bonds. The summed E-state index contributed by atoms with van der Waals surface area (Å²) in [5.74, 6) is 0.291. The van der Waals surface area contributed by atoms with Crippen molar-refractivity contribution in [2.45, 2.75) is 27.2 Å². The number of oxazole rings is 1. The first-order chi connectivity index (χ1) is 14.9. The number of fused-ring (bicyclic) bond motifs is 1. The molecule has 0 fully saturated rings. The summed E-state index contributed by atoms with van der Waals surface area (Å²) in [7, 11) is 0. The number of nitrogens with zero attached hydrogens (tertiary/aromatic N) is 1. The number of carbonyl (C=O) groups is 1. The van der Waals surface area contributed by atoms with Gasteiger partial charge in [0.05, 0.1) is 0 Å². The highest BCUT2D eigenvalue weighted by molar-refractivity contribution is 7.80. The molecule has 0 spiro atoms. The molecule has 3 aromatic carbocycles. The van der Waals surface area contributed by atoms with Gasteiger partial charge in [0.2, 0.25) is 5.89 Å². The first-order valence-electron chi connectivity index (χ1n) is 10.1. The Balaban J connectivity index is 1.48. The van der Waals surface area contributed by atoms with Crippen molar-refractivity contribution in [3.8, 4) is 11.5 Å². The summed E-state index contributed by atoms with van der Waals surface area (Å²) in [6.45, 7) is 6.10. The lowest BCUT2D eigenvalue weighted by atomic mass is 10.1. The maximum absolute atomic E-state index is 12.5. The van der Waals surface area contributed by atoms with Gasteiger partial charge in [0.25, 0.3) is 5.91 Å². The van der Waals surface area contributed by atoms with Crippen LogP contribution in [0.1, 0.15) is 34.0 Å². The molecule has 5 nitrogen and oxygen atoms in total. The Labute approximate surface area is 186 Å². The van der Waals surface area contributed by atoms with Gasteiger partial charge in [0.1, 0.15) is 5.52 Å². The van der Waals surface area contributed by atoms with Gasteiger partial charge in [-0.1, -0.05) is 25.1 Å². The lowest BCUT2D eigenvalue weighted by Gasteiger charge is -2.11. The zero-order valence-electron chi connectivity index (χ0n) is 17.7. The molecule has 0 aliphatic heterocycles. The van der Waals surface area contributed by atoms with Crippen LogP contribution < -0.4 is 10.6 Å². The number of amides is 1. The molecule has 0 aliphatic rings. The Morgan fingerprint density at radius 1 is 1.03 bits per heavy atom. The maximum atomic E-state index is 12.5. The first-order valence-corrected chi connectivity index (χ1v) is 10.5. The van der Waals surface area contributed by atoms with Crippen molar-refractivity contribution in [1.82, 2.24) is 10.3 Å². The van der Waals surface area contributed by atoms with Gasteiger partial charge in [-0.25, -0.2) is 4.98 Å². The largest absolute Gasteiger partial charge is 0.436 e. The van der Waals surface area contributed by atoms with Gasteiger partial charge in [0.15, 0.2) is 10.7 Å². The second-order valence-electron chi connectivity index (χ2n) is 7.46. The maximum Gasteiger partial charge on any atom is 0.257 e. The fourth-order valence-corrected chi connectivity index (χ4v) is 3.48. The Bertz CT molecular complexity index is 1290. The molecular weight excluding hydrogens is 406 g/mol. The smallest absolute Gasteiger partial charge is 0.257 e. The van der Waals surface area contributed by atoms with E-state index in [9.17, 15) is 4.79 Å². The summed E-state index contributed by atoms with van der Waals surface area (Å²) >= 11 is 5.33. The lowest BCUT2D eigenvalue weighted by Crippen LogP contribution is -2.34. The molecule has 4 aromatic rings. The van der Waals surface area contributed by atoms with E-state index in [-0.39, 0.29) is 11.0 Å². The number of thiocarbonyl (C=S) groups is 1. The number of carbonyl (C=O) groups excluding carboxylic acids is 1. The minimum absolute atomic E-state index is 0.227. The molecule has 1 aromatic heterocycles. The summed E-state index contributed by atoms with van der Waals surface area (Å²) in [4.78, 5) is 17.1. The Morgan fingerprint density at radius 2 is 1.87 bits per heavy atom. The normalized spacial score (nSPS) is 10.8. The minimum atomic E-state index is -0.248. The van der Waals surface area contributed by atoms with Gasteiger partial charge in [-0.2, -0.15) is 0 Å². The number of nitrogens with one attached hydrogen (secondary N) is 2. The highest BCUT2D eigenvalue weighted by atomic mass is 32.1. The quantitative estimate of drug-likeness (QED) is 0.401. The standard InChI is InChI=1S/C25H23N3O2S/c1-4-17-9-11-22-21(13-17)27-24(30-22)19-6-5-7-20(14-19)26-25(31)28-23(29)18-10-8-15(2)16(3)12-18/h5-14H,4H2,1-3H3,(H2,26,28,29,31). The second kappa shape index (κ2) is 8.70. The van der Waals surface area contributed by atoms with Crippen molar-refractivity contribution in [2.75, 3.05) is 5.32 Å². The SMILES string of the molecule is CCc1ccc2oc(-c3cccc(NC(=S)NC(=O)c4ccc(C)c(C)c4)c3)nc2c1. The summed E-state index contributed by atoms with van der Waals surface area (Å²) in [6, 6.07) is 19.2. The zero-order valence-corrected chi connectivity index (χ0v) is 18.5. The van der Waals surface area contributed by atoms with Gasteiger partial charge < -0.3 is 9.73 Å². The number of hydrogen-bond donors (Lipinski definition) is 2. The molecule has 6 heteroatoms. The molecule has 31 heavy (non-hydrogen) atoms. The number of aromatic nitrogens is 1. The predicted molar refractivity (Wildman–Crippen MR) is 128 cm³/mol. The summed E-state index contributed by atoms with van der Waals surface area (Å²) in [5.41, 5.74) is 7.13. The predicted octanol–water partition coefficient (Wildman–Crippen LogP) is 5.80. The minimum Gasteiger partial charge on any atom is -0.436 e. The van der Waals surface area contributed by atoms with E-state index in [1.54, 1.807) is 6.07 Å². The van der Waals surface area contributed by atoms with E-state index >= 15 is 0 Å². The van der Waals surface area contributed by atoms with Gasteiger partial charge in [0, 0.05) is 16.8 Å². The van der Waals surface area contributed by atoms with Crippen LogP contribution in [0, 0.1) is 13.8 Å². The number of anilines is 1. The molecule has 156 valence electrons. The summed E-state index contributed by atoms with van der Waals surface area (Å²) in [5, 5.41) is 6.02. The fraction of sp³-hybridized carbons (Fsp3) is 0.160. The van der Waals surface area contributed by atoms with E-state index in [1.807, 2.05) is 68.4 Å². The highest BCUT2D eigenvalue weighted by Crippen LogP contribution is 2.27. The molecular formula is C25H23N3O2S. The summed E-state index contributed by atoms with van der Waals surface area (Å²) < 4.78 is 5.92. The van der Waals surface area contributed by atoms with Crippen molar-refractivity contribution in [1.29, 1.82) is 0 Å². The molecule has 2 N–H and O–H groups in total. The van der Waals surface area contributed by atoms with Crippen LogP contribution in [0.5, 0.6) is 0 Å². The fourth-order valence-electron chi connectivity index (χ4n) is 3.27.